The van der Waals surface area contributed by atoms with Crippen molar-refractivity contribution in [2.24, 2.45) is 0 Å². The zero-order valence-corrected chi connectivity index (χ0v) is 27.2. The summed E-state index contributed by atoms with van der Waals surface area (Å²) in [6.45, 7) is 12.4. The smallest absolute Gasteiger partial charge is 0.456 e. The second-order valence-corrected chi connectivity index (χ2v) is 12.6. The number of para-hydroxylation sites is 1. The molecule has 256 valence electrons. The van der Waals surface area contributed by atoms with E-state index >= 15 is 0 Å². The van der Waals surface area contributed by atoms with E-state index < -0.39 is 68.4 Å². The Morgan fingerprint density at radius 2 is 1.83 bits per heavy atom. The fraction of sp³-hybridized carbons (Fsp3) is 0.467. The van der Waals surface area contributed by atoms with E-state index in [1.807, 2.05) is 0 Å². The van der Waals surface area contributed by atoms with Crippen LogP contribution >= 0.6 is 7.75 Å². The first kappa shape index (κ1) is 34.7. The minimum absolute atomic E-state index is 0.0474. The SMILES string of the molecule is [C-]#[N+][C@]1(COP(=O)(N[C@@H](C)C(=O)OC2COC2)Oc2ccccc2)O[C@@H](c2ccc3c(N)ncnn23)[C@H](OC(=O)CC)[C@@H]1OC(=O)CC. The average Bonchev–Trinajstić information content (AvgIpc) is 3.62. The summed E-state index contributed by atoms with van der Waals surface area (Å²) in [5.41, 5.74) is 4.46. The number of hydrogen-bond donors (Lipinski definition) is 2. The summed E-state index contributed by atoms with van der Waals surface area (Å²) >= 11 is 0. The Morgan fingerprint density at radius 1 is 1.12 bits per heavy atom. The number of benzene rings is 1. The van der Waals surface area contributed by atoms with Crippen molar-refractivity contribution in [2.45, 2.75) is 69.8 Å². The highest BCUT2D eigenvalue weighted by molar-refractivity contribution is 7.52. The number of nitrogens with one attached hydrogen (secondary N) is 1. The largest absolute Gasteiger partial charge is 0.459 e. The first-order chi connectivity index (χ1) is 23.0. The molecule has 0 aliphatic carbocycles. The molecule has 1 aromatic carbocycles. The normalized spacial score (nSPS) is 24.1. The quantitative estimate of drug-likeness (QED) is 0.108. The predicted molar refractivity (Wildman–Crippen MR) is 165 cm³/mol. The molecule has 2 saturated heterocycles. The van der Waals surface area contributed by atoms with Crippen molar-refractivity contribution in [3.63, 3.8) is 0 Å². The van der Waals surface area contributed by atoms with Crippen molar-refractivity contribution < 1.29 is 51.7 Å². The Kier molecular flexibility index (Phi) is 10.6. The first-order valence-corrected chi connectivity index (χ1v) is 16.6. The molecule has 2 aliphatic rings. The maximum absolute atomic E-state index is 14.3. The molecule has 0 spiro atoms. The minimum atomic E-state index is -4.54. The number of carbonyl (C=O) groups is 3. The molecule has 6 atom stereocenters. The summed E-state index contributed by atoms with van der Waals surface area (Å²) in [5.74, 6) is -1.90. The van der Waals surface area contributed by atoms with Gasteiger partial charge in [-0.25, -0.2) is 20.6 Å². The van der Waals surface area contributed by atoms with Gasteiger partial charge in [-0.2, -0.15) is 10.2 Å². The number of rotatable bonds is 14. The molecule has 17 nitrogen and oxygen atoms in total. The van der Waals surface area contributed by atoms with Crippen molar-refractivity contribution in [2.75, 3.05) is 25.6 Å². The Balaban J connectivity index is 1.51. The molecule has 4 heterocycles. The molecule has 0 saturated carbocycles. The number of aromatic nitrogens is 3. The molecule has 3 N–H and O–H groups in total. The lowest BCUT2D eigenvalue weighted by Gasteiger charge is -2.29. The van der Waals surface area contributed by atoms with Gasteiger partial charge in [0.05, 0.1) is 18.9 Å². The topological polar surface area (TPSA) is 205 Å². The van der Waals surface area contributed by atoms with Crippen LogP contribution in [0.15, 0.2) is 48.8 Å². The van der Waals surface area contributed by atoms with Crippen LogP contribution in [0.4, 0.5) is 5.82 Å². The number of fused-ring (bicyclic) bond motifs is 1. The average molecular weight is 687 g/mol. The molecule has 3 aromatic rings. The third-order valence-electron chi connectivity index (χ3n) is 7.47. The van der Waals surface area contributed by atoms with Crippen molar-refractivity contribution in [1.29, 1.82) is 0 Å². The predicted octanol–water partition coefficient (Wildman–Crippen LogP) is 2.77. The highest BCUT2D eigenvalue weighted by Gasteiger charge is 2.67. The lowest BCUT2D eigenvalue weighted by atomic mass is 10.0. The van der Waals surface area contributed by atoms with Gasteiger partial charge in [-0.05, 0) is 31.2 Å². The van der Waals surface area contributed by atoms with Crippen LogP contribution in [0.3, 0.4) is 0 Å². The third-order valence-corrected chi connectivity index (χ3v) is 9.10. The number of nitrogen functional groups attached to an aromatic ring is 1. The van der Waals surface area contributed by atoms with Crippen molar-refractivity contribution in [1.82, 2.24) is 19.7 Å². The molecule has 0 bridgehead atoms. The lowest BCUT2D eigenvalue weighted by Crippen LogP contribution is -2.48. The number of nitrogens with zero attached hydrogens (tertiary/aromatic N) is 4. The molecule has 1 unspecified atom stereocenters. The van der Waals surface area contributed by atoms with Crippen LogP contribution in [-0.4, -0.2) is 82.4 Å². The molecule has 2 aliphatic heterocycles. The van der Waals surface area contributed by atoms with E-state index in [9.17, 15) is 18.9 Å². The highest BCUT2D eigenvalue weighted by atomic mass is 31.2. The van der Waals surface area contributed by atoms with Crippen LogP contribution in [0, 0.1) is 6.57 Å². The van der Waals surface area contributed by atoms with E-state index in [4.69, 9.17) is 45.0 Å². The number of ether oxygens (including phenoxy) is 5. The van der Waals surface area contributed by atoms with Gasteiger partial charge < -0.3 is 29.2 Å². The van der Waals surface area contributed by atoms with E-state index in [0.29, 0.717) is 5.52 Å². The van der Waals surface area contributed by atoms with E-state index in [1.54, 1.807) is 44.2 Å². The standard InChI is InChI=1S/C30H35N6O11P/c1-5-23(37)44-26-25(21-12-13-22-28(31)33-17-34-36(21)22)46-30(32-4,27(26)45-24(38)6-2)16-42-48(40,47-19-10-8-7-9-11-19)35-18(3)29(39)43-20-14-41-15-20/h7-13,17-18,20,25-27H,5-6,14-16H2,1-3H3,(H,35,40)(H2,31,33,34)/t18-,25-,26-,27-,30+,48?/m0/s1. The number of nitrogens with two attached hydrogens (primary N) is 1. The number of carbonyl (C=O) groups excluding carboxylic acids is 3. The van der Waals surface area contributed by atoms with Gasteiger partial charge >= 0.3 is 31.4 Å². The Hall–Kier alpha value is -4.59. The van der Waals surface area contributed by atoms with Crippen molar-refractivity contribution in [3.8, 4) is 5.75 Å². The van der Waals surface area contributed by atoms with E-state index in [-0.39, 0.29) is 43.3 Å². The molecule has 0 radical (unpaired) electrons. The van der Waals surface area contributed by atoms with Crippen LogP contribution in [0.25, 0.3) is 10.4 Å². The first-order valence-electron chi connectivity index (χ1n) is 15.1. The molecule has 18 heteroatoms. The Morgan fingerprint density at radius 3 is 2.48 bits per heavy atom. The summed E-state index contributed by atoms with van der Waals surface area (Å²) in [6, 6.07) is 9.98. The zero-order chi connectivity index (χ0) is 34.5. The number of esters is 3. The van der Waals surface area contributed by atoms with Crippen molar-refractivity contribution >= 4 is 37.0 Å². The molecule has 0 amide bonds. The second kappa shape index (κ2) is 14.7. The van der Waals surface area contributed by atoms with E-state index in [0.717, 1.165) is 0 Å². The van der Waals surface area contributed by atoms with Crippen LogP contribution in [0.1, 0.15) is 45.4 Å². The van der Waals surface area contributed by atoms with Gasteiger partial charge in [0.15, 0.2) is 18.5 Å². The summed E-state index contributed by atoms with van der Waals surface area (Å²) in [4.78, 5) is 45.9. The van der Waals surface area contributed by atoms with Gasteiger partial charge in [0.1, 0.15) is 35.8 Å². The monoisotopic (exact) mass is 686 g/mol. The highest BCUT2D eigenvalue weighted by Crippen LogP contribution is 2.50. The minimum Gasteiger partial charge on any atom is -0.456 e. The molecule has 5 rings (SSSR count). The lowest BCUT2D eigenvalue weighted by molar-refractivity contribution is -0.173. The molecular formula is C30H35N6O11P. The third kappa shape index (κ3) is 7.43. The van der Waals surface area contributed by atoms with Crippen molar-refractivity contribution in [3.05, 3.63) is 65.9 Å². The molecule has 48 heavy (non-hydrogen) atoms. The van der Waals surface area contributed by atoms with Crippen LogP contribution in [0.2, 0.25) is 0 Å². The fourth-order valence-electron chi connectivity index (χ4n) is 4.89. The van der Waals surface area contributed by atoms with Crippen LogP contribution < -0.4 is 15.3 Å². The van der Waals surface area contributed by atoms with E-state index in [2.05, 4.69) is 20.0 Å². The second-order valence-electron chi connectivity index (χ2n) is 10.9. The van der Waals surface area contributed by atoms with Gasteiger partial charge in [-0.1, -0.05) is 32.0 Å². The Bertz CT molecular complexity index is 1730. The zero-order valence-electron chi connectivity index (χ0n) is 26.3. The van der Waals surface area contributed by atoms with Gasteiger partial charge in [0.2, 0.25) is 6.10 Å². The van der Waals surface area contributed by atoms with E-state index in [1.165, 1.54) is 29.9 Å². The van der Waals surface area contributed by atoms with Gasteiger partial charge in [-0.15, -0.1) is 0 Å². The maximum Gasteiger partial charge on any atom is 0.459 e. The Labute approximate surface area is 275 Å². The summed E-state index contributed by atoms with van der Waals surface area (Å²) < 4.78 is 55.5. The van der Waals surface area contributed by atoms with Gasteiger partial charge in [0.25, 0.3) is 0 Å². The van der Waals surface area contributed by atoms with Gasteiger partial charge in [-0.3, -0.25) is 28.5 Å². The number of anilines is 1. The molecule has 2 fully saturated rings. The fourth-order valence-corrected chi connectivity index (χ4v) is 6.41. The maximum atomic E-state index is 14.3. The molecule has 2 aromatic heterocycles. The molecular weight excluding hydrogens is 651 g/mol. The summed E-state index contributed by atoms with van der Waals surface area (Å²) in [6.07, 6.45) is -3.61. The number of hydrogen-bond acceptors (Lipinski definition) is 14. The van der Waals surface area contributed by atoms with Gasteiger partial charge in [0, 0.05) is 12.8 Å². The van der Waals surface area contributed by atoms with Crippen LogP contribution in [-0.2, 0) is 47.2 Å². The van der Waals surface area contributed by atoms with Crippen LogP contribution in [0.5, 0.6) is 5.75 Å². The summed E-state index contributed by atoms with van der Waals surface area (Å²) in [7, 11) is -4.54. The summed E-state index contributed by atoms with van der Waals surface area (Å²) in [5, 5.41) is 6.79.